The molecule has 14 heavy (non-hydrogen) atoms. The minimum atomic E-state index is -1.06. The Hall–Kier alpha value is -2.12. The van der Waals surface area contributed by atoms with E-state index in [1.165, 1.54) is 13.3 Å². The average molecular weight is 200 g/mol. The molecule has 0 atom stereocenters. The Bertz CT molecular complexity index is 347. The fourth-order valence-corrected chi connectivity index (χ4v) is 0.707. The van der Waals surface area contributed by atoms with Crippen molar-refractivity contribution in [1.29, 1.82) is 0 Å². The third-order valence-corrected chi connectivity index (χ3v) is 1.23. The van der Waals surface area contributed by atoms with Gasteiger partial charge in [-0.2, -0.15) is 9.90 Å². The molecule has 1 aromatic heterocycles. The average Bonchev–Trinajstić information content (AvgIpc) is 2.51. The van der Waals surface area contributed by atoms with Gasteiger partial charge in [0, 0.05) is 0 Å². The predicted molar refractivity (Wildman–Crippen MR) is 43.7 cm³/mol. The van der Waals surface area contributed by atoms with Gasteiger partial charge >= 0.3 is 12.1 Å². The summed E-state index contributed by atoms with van der Waals surface area (Å²) >= 11 is 0. The number of ether oxygens (including phenoxy) is 1. The Morgan fingerprint density at radius 3 is 3.00 bits per heavy atom. The zero-order chi connectivity index (χ0) is 10.6. The van der Waals surface area contributed by atoms with Crippen LogP contribution < -0.4 is 5.32 Å². The fourth-order valence-electron chi connectivity index (χ4n) is 0.707. The molecule has 0 bridgehead atoms. The number of carbonyl (C=O) groups excluding carboxylic acids is 1. The number of carboxylic acids is 1. The number of nitrogens with zero attached hydrogens (tertiary/aromatic N) is 3. The first-order valence-corrected chi connectivity index (χ1v) is 3.58. The van der Waals surface area contributed by atoms with E-state index in [1.54, 1.807) is 0 Å². The summed E-state index contributed by atoms with van der Waals surface area (Å²) in [5.41, 5.74) is 0. The molecule has 0 aliphatic heterocycles. The number of hydrogen-bond acceptors (Lipinski definition) is 5. The number of anilines is 1. The number of carboxylic acid groups (broad SMARTS) is 1. The van der Waals surface area contributed by atoms with Gasteiger partial charge in [0.05, 0.1) is 13.3 Å². The second-order valence-corrected chi connectivity index (χ2v) is 2.27. The maximum Gasteiger partial charge on any atom is 0.412 e. The van der Waals surface area contributed by atoms with Crippen LogP contribution in [0.1, 0.15) is 0 Å². The van der Waals surface area contributed by atoms with Crippen molar-refractivity contribution in [3.63, 3.8) is 0 Å². The first-order valence-electron chi connectivity index (χ1n) is 3.58. The summed E-state index contributed by atoms with van der Waals surface area (Å²) < 4.78 is 4.30. The molecule has 0 spiro atoms. The number of nitrogens with one attached hydrogen (secondary N) is 1. The van der Waals surface area contributed by atoms with E-state index in [9.17, 15) is 9.59 Å². The Balaban J connectivity index is 2.59. The van der Waals surface area contributed by atoms with Crippen molar-refractivity contribution in [3.05, 3.63) is 6.20 Å². The second-order valence-electron chi connectivity index (χ2n) is 2.27. The summed E-state index contributed by atoms with van der Waals surface area (Å²) in [5, 5.41) is 17.9. The molecule has 8 nitrogen and oxygen atoms in total. The van der Waals surface area contributed by atoms with Crippen molar-refractivity contribution in [2.45, 2.75) is 6.54 Å². The molecule has 1 amide bonds. The molecule has 2 N–H and O–H groups in total. The third kappa shape index (κ3) is 2.73. The lowest BCUT2D eigenvalue weighted by atomic mass is 10.7. The van der Waals surface area contributed by atoms with Crippen molar-refractivity contribution in [3.8, 4) is 0 Å². The monoisotopic (exact) mass is 200 g/mol. The largest absolute Gasteiger partial charge is 0.480 e. The van der Waals surface area contributed by atoms with Gasteiger partial charge in [0.15, 0.2) is 12.4 Å². The topological polar surface area (TPSA) is 106 Å². The maximum absolute atomic E-state index is 10.7. The van der Waals surface area contributed by atoms with Crippen LogP contribution in [-0.2, 0) is 16.1 Å². The van der Waals surface area contributed by atoms with Crippen LogP contribution in [0, 0.1) is 0 Å². The van der Waals surface area contributed by atoms with E-state index in [0.717, 1.165) is 4.80 Å². The highest BCUT2D eigenvalue weighted by atomic mass is 16.5. The molecule has 0 saturated carbocycles. The molecule has 1 rings (SSSR count). The molecule has 76 valence electrons. The van der Waals surface area contributed by atoms with Gasteiger partial charge in [-0.25, -0.2) is 4.79 Å². The van der Waals surface area contributed by atoms with Crippen LogP contribution in [0.25, 0.3) is 0 Å². The summed E-state index contributed by atoms with van der Waals surface area (Å²) in [6.45, 7) is -0.358. The quantitative estimate of drug-likeness (QED) is 0.683. The zero-order valence-electron chi connectivity index (χ0n) is 7.30. The van der Waals surface area contributed by atoms with E-state index in [0.29, 0.717) is 0 Å². The number of methoxy groups -OCH3 is 1. The van der Waals surface area contributed by atoms with Crippen molar-refractivity contribution >= 4 is 17.9 Å². The number of carbonyl (C=O) groups is 2. The van der Waals surface area contributed by atoms with Gasteiger partial charge in [-0.15, -0.1) is 5.10 Å². The smallest absolute Gasteiger partial charge is 0.412 e. The SMILES string of the molecule is COC(=O)Nc1cnn(CC(=O)O)n1. The van der Waals surface area contributed by atoms with Gasteiger partial charge < -0.3 is 9.84 Å². The maximum atomic E-state index is 10.7. The van der Waals surface area contributed by atoms with Crippen LogP contribution in [0.15, 0.2) is 6.20 Å². The Labute approximate surface area is 78.5 Å². The summed E-state index contributed by atoms with van der Waals surface area (Å²) in [5.74, 6) is -0.927. The molecular formula is C6H8N4O4. The van der Waals surface area contributed by atoms with Crippen molar-refractivity contribution in [2.75, 3.05) is 12.4 Å². The molecule has 0 aromatic carbocycles. The minimum Gasteiger partial charge on any atom is -0.480 e. The first kappa shape index (κ1) is 9.96. The molecule has 0 saturated heterocycles. The van der Waals surface area contributed by atoms with Crippen LogP contribution in [0.4, 0.5) is 10.6 Å². The molecule has 0 radical (unpaired) electrons. The van der Waals surface area contributed by atoms with Crippen LogP contribution in [-0.4, -0.2) is 39.3 Å². The number of aliphatic carboxylic acids is 1. The van der Waals surface area contributed by atoms with Gasteiger partial charge in [-0.1, -0.05) is 0 Å². The van der Waals surface area contributed by atoms with Crippen molar-refractivity contribution in [1.82, 2.24) is 15.0 Å². The lowest BCUT2D eigenvalue weighted by molar-refractivity contribution is -0.138. The number of hydrogen-bond donors (Lipinski definition) is 2. The van der Waals surface area contributed by atoms with Crippen LogP contribution in [0.2, 0.25) is 0 Å². The lowest BCUT2D eigenvalue weighted by Crippen LogP contribution is -2.14. The Morgan fingerprint density at radius 2 is 2.43 bits per heavy atom. The van der Waals surface area contributed by atoms with E-state index >= 15 is 0 Å². The van der Waals surface area contributed by atoms with Gasteiger partial charge in [0.2, 0.25) is 0 Å². The molecule has 0 aliphatic carbocycles. The van der Waals surface area contributed by atoms with Gasteiger partial charge in [-0.05, 0) is 0 Å². The van der Waals surface area contributed by atoms with E-state index in [1.807, 2.05) is 0 Å². The molecule has 0 unspecified atom stereocenters. The van der Waals surface area contributed by atoms with E-state index in [4.69, 9.17) is 5.11 Å². The summed E-state index contributed by atoms with van der Waals surface area (Å²) in [6, 6.07) is 0. The summed E-state index contributed by atoms with van der Waals surface area (Å²) in [4.78, 5) is 21.9. The predicted octanol–water partition coefficient (Wildman–Crippen LogP) is -0.459. The molecule has 8 heteroatoms. The van der Waals surface area contributed by atoms with Crippen LogP contribution >= 0.6 is 0 Å². The lowest BCUT2D eigenvalue weighted by Gasteiger charge is -1.97. The van der Waals surface area contributed by atoms with E-state index < -0.39 is 12.1 Å². The minimum absolute atomic E-state index is 0.137. The highest BCUT2D eigenvalue weighted by Gasteiger charge is 2.06. The fraction of sp³-hybridized carbons (Fsp3) is 0.333. The highest BCUT2D eigenvalue weighted by Crippen LogP contribution is 1.98. The molecular weight excluding hydrogens is 192 g/mol. The van der Waals surface area contributed by atoms with Crippen molar-refractivity contribution in [2.24, 2.45) is 0 Å². The van der Waals surface area contributed by atoms with E-state index in [2.05, 4.69) is 20.3 Å². The van der Waals surface area contributed by atoms with Gasteiger partial charge in [-0.3, -0.25) is 10.1 Å². The van der Waals surface area contributed by atoms with Gasteiger partial charge in [0.25, 0.3) is 0 Å². The summed E-state index contributed by atoms with van der Waals surface area (Å²) in [7, 11) is 1.21. The standard InChI is InChI=1S/C6H8N4O4/c1-14-6(13)8-4-2-7-10(9-4)3-5(11)12/h2H,3H2,1H3,(H,11,12)(H,8,9,13). The second kappa shape index (κ2) is 4.21. The molecule has 0 aliphatic rings. The van der Waals surface area contributed by atoms with Gasteiger partial charge in [0.1, 0.15) is 0 Å². The van der Waals surface area contributed by atoms with Crippen LogP contribution in [0.5, 0.6) is 0 Å². The van der Waals surface area contributed by atoms with Crippen LogP contribution in [0.3, 0.4) is 0 Å². The highest BCUT2D eigenvalue weighted by molar-refractivity contribution is 5.82. The molecule has 1 heterocycles. The molecule has 1 aromatic rings. The number of aromatic nitrogens is 3. The number of rotatable bonds is 3. The number of amides is 1. The first-order chi connectivity index (χ1) is 6.61. The zero-order valence-corrected chi connectivity index (χ0v) is 7.30. The Kier molecular flexibility index (Phi) is 3.00. The normalized spacial score (nSPS) is 9.50. The van der Waals surface area contributed by atoms with Crippen molar-refractivity contribution < 1.29 is 19.4 Å². The molecule has 0 fully saturated rings. The van der Waals surface area contributed by atoms with E-state index in [-0.39, 0.29) is 12.4 Å². The Morgan fingerprint density at radius 1 is 1.71 bits per heavy atom. The summed E-state index contributed by atoms with van der Waals surface area (Å²) in [6.07, 6.45) is 0.534. The third-order valence-electron chi connectivity index (χ3n) is 1.23.